The van der Waals surface area contributed by atoms with E-state index >= 15 is 0 Å². The first-order valence-electron chi connectivity index (χ1n) is 6.71. The van der Waals surface area contributed by atoms with Gasteiger partial charge in [0, 0.05) is 12.6 Å². The number of rotatable bonds is 7. The van der Waals surface area contributed by atoms with Crippen molar-refractivity contribution in [1.29, 1.82) is 0 Å². The molecule has 1 amide bonds. The lowest BCUT2D eigenvalue weighted by Gasteiger charge is -2.25. The maximum Gasteiger partial charge on any atom is 0.310 e. The number of aromatic nitrogens is 2. The van der Waals surface area contributed by atoms with Gasteiger partial charge in [-0.15, -0.1) is 0 Å². The van der Waals surface area contributed by atoms with Gasteiger partial charge in [0.1, 0.15) is 0 Å². The molecule has 6 nitrogen and oxygen atoms in total. The molecule has 0 fully saturated rings. The summed E-state index contributed by atoms with van der Waals surface area (Å²) in [4.78, 5) is 31.4. The van der Waals surface area contributed by atoms with Crippen LogP contribution in [0.1, 0.15) is 44.5 Å². The van der Waals surface area contributed by atoms with E-state index in [1.54, 1.807) is 26.2 Å². The Bertz CT molecular complexity index is 467. The SMILES string of the molecule is CCC(CC)(CC(=O)NCc1cnc(C)cn1)C(=O)O. The molecule has 0 unspecified atom stereocenters. The highest BCUT2D eigenvalue weighted by Crippen LogP contribution is 2.30. The summed E-state index contributed by atoms with van der Waals surface area (Å²) in [5.74, 6) is -1.20. The Morgan fingerprint density at radius 3 is 2.35 bits per heavy atom. The minimum Gasteiger partial charge on any atom is -0.481 e. The number of amides is 1. The van der Waals surface area contributed by atoms with E-state index in [1.165, 1.54) is 0 Å². The van der Waals surface area contributed by atoms with Gasteiger partial charge in [0.25, 0.3) is 0 Å². The highest BCUT2D eigenvalue weighted by molar-refractivity contribution is 5.84. The van der Waals surface area contributed by atoms with Gasteiger partial charge in [0.15, 0.2) is 0 Å². The molecule has 1 rings (SSSR count). The quantitative estimate of drug-likeness (QED) is 0.792. The number of nitrogens with one attached hydrogen (secondary N) is 1. The van der Waals surface area contributed by atoms with E-state index in [9.17, 15) is 14.7 Å². The van der Waals surface area contributed by atoms with Crippen LogP contribution in [0.5, 0.6) is 0 Å². The molecule has 20 heavy (non-hydrogen) atoms. The van der Waals surface area contributed by atoms with Crippen molar-refractivity contribution in [3.63, 3.8) is 0 Å². The second kappa shape index (κ2) is 6.98. The summed E-state index contributed by atoms with van der Waals surface area (Å²) in [6.07, 6.45) is 4.06. The van der Waals surface area contributed by atoms with Gasteiger partial charge in [0.2, 0.25) is 5.91 Å². The van der Waals surface area contributed by atoms with Gasteiger partial charge >= 0.3 is 5.97 Å². The first-order valence-corrected chi connectivity index (χ1v) is 6.71. The zero-order chi connectivity index (χ0) is 15.2. The van der Waals surface area contributed by atoms with Gasteiger partial charge in [0.05, 0.1) is 29.5 Å². The van der Waals surface area contributed by atoms with Crippen molar-refractivity contribution in [3.8, 4) is 0 Å². The summed E-state index contributed by atoms with van der Waals surface area (Å²) in [7, 11) is 0. The van der Waals surface area contributed by atoms with Crippen LogP contribution in [0, 0.1) is 12.3 Å². The van der Waals surface area contributed by atoms with Crippen LogP contribution in [0.15, 0.2) is 12.4 Å². The van der Waals surface area contributed by atoms with Crippen LogP contribution < -0.4 is 5.32 Å². The molecule has 6 heteroatoms. The largest absolute Gasteiger partial charge is 0.481 e. The number of hydrogen-bond acceptors (Lipinski definition) is 4. The lowest BCUT2D eigenvalue weighted by Crippen LogP contribution is -2.36. The maximum atomic E-state index is 11.9. The van der Waals surface area contributed by atoms with Gasteiger partial charge in [-0.1, -0.05) is 13.8 Å². The van der Waals surface area contributed by atoms with E-state index in [4.69, 9.17) is 0 Å². The van der Waals surface area contributed by atoms with E-state index in [2.05, 4.69) is 15.3 Å². The van der Waals surface area contributed by atoms with E-state index in [0.29, 0.717) is 18.5 Å². The fraction of sp³-hybridized carbons (Fsp3) is 0.571. The molecule has 1 aromatic heterocycles. The van der Waals surface area contributed by atoms with Crippen molar-refractivity contribution >= 4 is 11.9 Å². The Morgan fingerprint density at radius 1 is 1.25 bits per heavy atom. The Kier molecular flexibility index (Phi) is 5.61. The average Bonchev–Trinajstić information content (AvgIpc) is 2.44. The number of aliphatic carboxylic acids is 1. The van der Waals surface area contributed by atoms with Gasteiger partial charge < -0.3 is 10.4 Å². The lowest BCUT2D eigenvalue weighted by molar-refractivity contribution is -0.152. The Labute approximate surface area is 118 Å². The predicted octanol–water partition coefficient (Wildman–Crippen LogP) is 1.68. The lowest BCUT2D eigenvalue weighted by atomic mass is 9.79. The molecule has 0 bridgehead atoms. The Balaban J connectivity index is 2.58. The Hall–Kier alpha value is -1.98. The van der Waals surface area contributed by atoms with Crippen molar-refractivity contribution in [2.24, 2.45) is 5.41 Å². The van der Waals surface area contributed by atoms with Crippen LogP contribution in [-0.2, 0) is 16.1 Å². The van der Waals surface area contributed by atoms with Crippen LogP contribution >= 0.6 is 0 Å². The molecule has 0 radical (unpaired) electrons. The molecule has 0 spiro atoms. The standard InChI is InChI=1S/C14H21N3O3/c1-4-14(5-2,13(19)20)6-12(18)17-9-11-8-15-10(3)7-16-11/h7-8H,4-6,9H2,1-3H3,(H,17,18)(H,19,20). The molecule has 0 aromatic carbocycles. The number of carboxylic acid groups (broad SMARTS) is 1. The zero-order valence-electron chi connectivity index (χ0n) is 12.1. The topological polar surface area (TPSA) is 92.2 Å². The van der Waals surface area contributed by atoms with Crippen LogP contribution in [-0.4, -0.2) is 27.0 Å². The van der Waals surface area contributed by atoms with Crippen LogP contribution in [0.3, 0.4) is 0 Å². The molecule has 110 valence electrons. The summed E-state index contributed by atoms with van der Waals surface area (Å²) < 4.78 is 0. The van der Waals surface area contributed by atoms with Gasteiger partial charge in [-0.25, -0.2) is 0 Å². The third-order valence-electron chi connectivity index (χ3n) is 3.61. The summed E-state index contributed by atoms with van der Waals surface area (Å²) in [6.45, 7) is 5.67. The zero-order valence-corrected chi connectivity index (χ0v) is 12.1. The molecular weight excluding hydrogens is 258 g/mol. The van der Waals surface area contributed by atoms with Crippen LogP contribution in [0.4, 0.5) is 0 Å². The summed E-state index contributed by atoms with van der Waals surface area (Å²) >= 11 is 0. The average molecular weight is 279 g/mol. The van der Waals surface area contributed by atoms with E-state index in [1.807, 2.05) is 6.92 Å². The summed E-state index contributed by atoms with van der Waals surface area (Å²) in [6, 6.07) is 0. The minimum atomic E-state index is -0.983. The molecular formula is C14H21N3O3. The highest BCUT2D eigenvalue weighted by Gasteiger charge is 2.36. The third kappa shape index (κ3) is 4.01. The molecule has 0 aliphatic carbocycles. The van der Waals surface area contributed by atoms with E-state index < -0.39 is 11.4 Å². The maximum absolute atomic E-state index is 11.9. The molecule has 0 saturated heterocycles. The molecule has 0 aliphatic rings. The number of aryl methyl sites for hydroxylation is 1. The number of hydrogen-bond donors (Lipinski definition) is 2. The normalized spacial score (nSPS) is 11.2. The third-order valence-corrected chi connectivity index (χ3v) is 3.61. The molecule has 0 saturated carbocycles. The van der Waals surface area contributed by atoms with Crippen molar-refractivity contribution in [3.05, 3.63) is 23.8 Å². The molecule has 0 aliphatic heterocycles. The first kappa shape index (κ1) is 16.1. The second-order valence-corrected chi connectivity index (χ2v) is 4.90. The predicted molar refractivity (Wildman–Crippen MR) is 73.9 cm³/mol. The fourth-order valence-electron chi connectivity index (χ4n) is 1.95. The second-order valence-electron chi connectivity index (χ2n) is 4.90. The number of carboxylic acids is 1. The monoisotopic (exact) mass is 279 g/mol. The van der Waals surface area contributed by atoms with Crippen LogP contribution in [0.2, 0.25) is 0 Å². The van der Waals surface area contributed by atoms with Crippen molar-refractivity contribution < 1.29 is 14.7 Å². The van der Waals surface area contributed by atoms with Crippen molar-refractivity contribution in [2.45, 2.75) is 46.6 Å². The Morgan fingerprint density at radius 2 is 1.90 bits per heavy atom. The first-order chi connectivity index (χ1) is 9.43. The molecule has 0 atom stereocenters. The molecule has 2 N–H and O–H groups in total. The van der Waals surface area contributed by atoms with Gasteiger partial charge in [-0.2, -0.15) is 0 Å². The van der Waals surface area contributed by atoms with Gasteiger partial charge in [-0.3, -0.25) is 19.6 Å². The van der Waals surface area contributed by atoms with E-state index in [0.717, 1.165) is 5.69 Å². The number of nitrogens with zero attached hydrogens (tertiary/aromatic N) is 2. The van der Waals surface area contributed by atoms with Crippen LogP contribution in [0.25, 0.3) is 0 Å². The highest BCUT2D eigenvalue weighted by atomic mass is 16.4. The van der Waals surface area contributed by atoms with Gasteiger partial charge in [-0.05, 0) is 19.8 Å². The molecule has 1 heterocycles. The van der Waals surface area contributed by atoms with E-state index in [-0.39, 0.29) is 18.9 Å². The smallest absolute Gasteiger partial charge is 0.310 e. The number of carbonyl (C=O) groups is 2. The minimum absolute atomic E-state index is 0.0192. The fourth-order valence-corrected chi connectivity index (χ4v) is 1.95. The summed E-state index contributed by atoms with van der Waals surface area (Å²) in [5, 5.41) is 12.0. The summed E-state index contributed by atoms with van der Waals surface area (Å²) in [5.41, 5.74) is 0.475. The van der Waals surface area contributed by atoms with Crippen molar-refractivity contribution in [1.82, 2.24) is 15.3 Å². The number of carbonyl (C=O) groups excluding carboxylic acids is 1. The molecule has 1 aromatic rings. The van der Waals surface area contributed by atoms with Crippen molar-refractivity contribution in [2.75, 3.05) is 0 Å².